The van der Waals surface area contributed by atoms with Crippen molar-refractivity contribution in [2.75, 3.05) is 26.2 Å². The first-order valence-electron chi connectivity index (χ1n) is 10.3. The molecule has 2 atom stereocenters. The van der Waals surface area contributed by atoms with E-state index in [1.807, 2.05) is 24.3 Å². The molecule has 1 fully saturated rings. The van der Waals surface area contributed by atoms with Crippen LogP contribution in [0.15, 0.2) is 48.5 Å². The van der Waals surface area contributed by atoms with Gasteiger partial charge in [-0.2, -0.15) is 10.5 Å². The molecule has 7 nitrogen and oxygen atoms in total. The lowest BCUT2D eigenvalue weighted by Crippen LogP contribution is -2.42. The van der Waals surface area contributed by atoms with Crippen LogP contribution in [-0.2, 0) is 22.4 Å². The van der Waals surface area contributed by atoms with Crippen molar-refractivity contribution in [3.05, 3.63) is 70.8 Å². The van der Waals surface area contributed by atoms with E-state index in [1.165, 1.54) is 0 Å². The summed E-state index contributed by atoms with van der Waals surface area (Å²) in [7, 11) is 0. The van der Waals surface area contributed by atoms with Crippen LogP contribution >= 0.6 is 0 Å². The predicted octanol–water partition coefficient (Wildman–Crippen LogP) is 1.28. The Hall–Kier alpha value is -3.68. The number of nitrogens with one attached hydrogen (secondary N) is 3. The fourth-order valence-electron chi connectivity index (χ4n) is 3.64. The highest BCUT2D eigenvalue weighted by Crippen LogP contribution is 2.17. The molecule has 158 valence electrons. The third-order valence-electron chi connectivity index (χ3n) is 5.48. The molecule has 1 heterocycles. The van der Waals surface area contributed by atoms with Crippen LogP contribution in [0.5, 0.6) is 0 Å². The molecule has 2 amide bonds. The Morgan fingerprint density at radius 1 is 0.774 bits per heavy atom. The van der Waals surface area contributed by atoms with Gasteiger partial charge in [0, 0.05) is 26.2 Å². The van der Waals surface area contributed by atoms with Gasteiger partial charge in [-0.3, -0.25) is 9.59 Å². The minimum atomic E-state index is -0.393. The Labute approximate surface area is 182 Å². The van der Waals surface area contributed by atoms with Crippen LogP contribution in [0.1, 0.15) is 22.3 Å². The molecule has 0 aliphatic carbocycles. The standard InChI is InChI=1S/C24H25N5O2/c25-13-19-5-1-17(2-6-19)9-11-28-23(30)21-15-27-16-22(21)24(31)29-12-10-18-3-7-20(14-26)8-4-18/h1-8,21-22,27H,9-12,15-16H2,(H,28,30)(H,29,31)/t21-,22?/m1/s1. The first kappa shape index (κ1) is 22.0. The highest BCUT2D eigenvalue weighted by Gasteiger charge is 2.37. The molecule has 0 saturated carbocycles. The number of hydrogen-bond donors (Lipinski definition) is 3. The molecule has 31 heavy (non-hydrogen) atoms. The van der Waals surface area contributed by atoms with Gasteiger partial charge in [0.05, 0.1) is 35.1 Å². The molecule has 3 N–H and O–H groups in total. The molecule has 1 aliphatic rings. The van der Waals surface area contributed by atoms with Crippen LogP contribution in [-0.4, -0.2) is 38.0 Å². The second kappa shape index (κ2) is 10.9. The van der Waals surface area contributed by atoms with E-state index in [9.17, 15) is 9.59 Å². The highest BCUT2D eigenvalue weighted by atomic mass is 16.2. The topological polar surface area (TPSA) is 118 Å². The van der Waals surface area contributed by atoms with Crippen molar-refractivity contribution in [2.24, 2.45) is 11.8 Å². The molecule has 2 aromatic carbocycles. The largest absolute Gasteiger partial charge is 0.355 e. The number of nitrogens with zero attached hydrogens (tertiary/aromatic N) is 2. The smallest absolute Gasteiger partial charge is 0.225 e. The minimum Gasteiger partial charge on any atom is -0.355 e. The molecule has 1 aliphatic heterocycles. The van der Waals surface area contributed by atoms with E-state index in [0.29, 0.717) is 50.1 Å². The van der Waals surface area contributed by atoms with Gasteiger partial charge in [0.25, 0.3) is 0 Å². The van der Waals surface area contributed by atoms with Gasteiger partial charge in [-0.15, -0.1) is 0 Å². The molecule has 1 unspecified atom stereocenters. The van der Waals surface area contributed by atoms with Crippen molar-refractivity contribution >= 4 is 11.8 Å². The number of nitriles is 2. The minimum absolute atomic E-state index is 0.120. The van der Waals surface area contributed by atoms with Gasteiger partial charge < -0.3 is 16.0 Å². The summed E-state index contributed by atoms with van der Waals surface area (Å²) in [6.45, 7) is 1.93. The van der Waals surface area contributed by atoms with E-state index >= 15 is 0 Å². The highest BCUT2D eigenvalue weighted by molar-refractivity contribution is 5.88. The van der Waals surface area contributed by atoms with Crippen LogP contribution in [0.4, 0.5) is 0 Å². The lowest BCUT2D eigenvalue weighted by molar-refractivity contribution is -0.132. The van der Waals surface area contributed by atoms with Crippen molar-refractivity contribution in [3.63, 3.8) is 0 Å². The fraction of sp³-hybridized carbons (Fsp3) is 0.333. The van der Waals surface area contributed by atoms with Crippen LogP contribution < -0.4 is 16.0 Å². The quantitative estimate of drug-likeness (QED) is 0.600. The third-order valence-corrected chi connectivity index (χ3v) is 5.48. The summed E-state index contributed by atoms with van der Waals surface area (Å²) in [5.41, 5.74) is 3.30. The zero-order chi connectivity index (χ0) is 22.1. The monoisotopic (exact) mass is 415 g/mol. The zero-order valence-corrected chi connectivity index (χ0v) is 17.2. The molecule has 0 bridgehead atoms. The summed E-state index contributed by atoms with van der Waals surface area (Å²) in [5, 5.41) is 26.7. The molecule has 1 saturated heterocycles. The molecule has 0 spiro atoms. The number of hydrogen-bond acceptors (Lipinski definition) is 5. The van der Waals surface area contributed by atoms with Crippen LogP contribution in [0.2, 0.25) is 0 Å². The van der Waals surface area contributed by atoms with Crippen molar-refractivity contribution in [1.29, 1.82) is 10.5 Å². The van der Waals surface area contributed by atoms with Gasteiger partial charge in [-0.25, -0.2) is 0 Å². The van der Waals surface area contributed by atoms with Crippen LogP contribution in [0.25, 0.3) is 0 Å². The first-order chi connectivity index (χ1) is 15.1. The van der Waals surface area contributed by atoms with E-state index in [4.69, 9.17) is 10.5 Å². The number of benzene rings is 2. The number of amides is 2. The van der Waals surface area contributed by atoms with Crippen LogP contribution in [0, 0.1) is 34.5 Å². The van der Waals surface area contributed by atoms with E-state index < -0.39 is 11.8 Å². The summed E-state index contributed by atoms with van der Waals surface area (Å²) in [6.07, 6.45) is 1.33. The summed E-state index contributed by atoms with van der Waals surface area (Å²) < 4.78 is 0. The number of carbonyl (C=O) groups excluding carboxylic acids is 2. The molecule has 2 aromatic rings. The maximum Gasteiger partial charge on any atom is 0.225 e. The Kier molecular flexibility index (Phi) is 7.75. The van der Waals surface area contributed by atoms with E-state index in [-0.39, 0.29) is 11.8 Å². The van der Waals surface area contributed by atoms with Gasteiger partial charge >= 0.3 is 0 Å². The van der Waals surface area contributed by atoms with E-state index in [1.54, 1.807) is 24.3 Å². The Balaban J connectivity index is 1.43. The molecular formula is C24H25N5O2. The Morgan fingerprint density at radius 2 is 1.16 bits per heavy atom. The van der Waals surface area contributed by atoms with Crippen LogP contribution in [0.3, 0.4) is 0 Å². The van der Waals surface area contributed by atoms with E-state index in [2.05, 4.69) is 28.1 Å². The number of carbonyl (C=O) groups is 2. The van der Waals surface area contributed by atoms with Crippen molar-refractivity contribution in [1.82, 2.24) is 16.0 Å². The SMILES string of the molecule is N#Cc1ccc(CCNC(=O)C2CNC[C@H]2C(=O)NCCc2ccc(C#N)cc2)cc1. The molecular weight excluding hydrogens is 390 g/mol. The maximum atomic E-state index is 12.6. The lowest BCUT2D eigenvalue weighted by Gasteiger charge is -2.18. The average Bonchev–Trinajstić information content (AvgIpc) is 3.30. The van der Waals surface area contributed by atoms with Gasteiger partial charge in [0.2, 0.25) is 11.8 Å². The second-order valence-electron chi connectivity index (χ2n) is 7.57. The summed E-state index contributed by atoms with van der Waals surface area (Å²) in [4.78, 5) is 25.2. The molecule has 3 rings (SSSR count). The lowest BCUT2D eigenvalue weighted by atomic mass is 9.94. The Morgan fingerprint density at radius 3 is 1.52 bits per heavy atom. The number of rotatable bonds is 8. The average molecular weight is 415 g/mol. The third kappa shape index (κ3) is 6.15. The van der Waals surface area contributed by atoms with Gasteiger partial charge in [0.15, 0.2) is 0 Å². The maximum absolute atomic E-state index is 12.6. The van der Waals surface area contributed by atoms with Crippen molar-refractivity contribution < 1.29 is 9.59 Å². The van der Waals surface area contributed by atoms with Gasteiger partial charge in [-0.05, 0) is 48.2 Å². The van der Waals surface area contributed by atoms with Crippen molar-refractivity contribution in [2.45, 2.75) is 12.8 Å². The molecule has 0 radical (unpaired) electrons. The molecule has 7 heteroatoms. The summed E-state index contributed by atoms with van der Waals surface area (Å²) in [6, 6.07) is 18.7. The van der Waals surface area contributed by atoms with E-state index in [0.717, 1.165) is 11.1 Å². The van der Waals surface area contributed by atoms with Gasteiger partial charge in [0.1, 0.15) is 0 Å². The second-order valence-corrected chi connectivity index (χ2v) is 7.57. The normalized spacial score (nSPS) is 17.4. The zero-order valence-electron chi connectivity index (χ0n) is 17.2. The predicted molar refractivity (Wildman–Crippen MR) is 116 cm³/mol. The fourth-order valence-corrected chi connectivity index (χ4v) is 3.64. The summed E-state index contributed by atoms with van der Waals surface area (Å²) >= 11 is 0. The van der Waals surface area contributed by atoms with Gasteiger partial charge in [-0.1, -0.05) is 24.3 Å². The summed E-state index contributed by atoms with van der Waals surface area (Å²) in [5.74, 6) is -1.02. The first-order valence-corrected chi connectivity index (χ1v) is 10.3. The molecule has 0 aromatic heterocycles. The van der Waals surface area contributed by atoms with Crippen molar-refractivity contribution in [3.8, 4) is 12.1 Å². The Bertz CT molecular complexity index is 905.